The van der Waals surface area contributed by atoms with Gasteiger partial charge in [-0.2, -0.15) is 26.3 Å². The van der Waals surface area contributed by atoms with Gasteiger partial charge in [0.1, 0.15) is 5.82 Å². The fourth-order valence-corrected chi connectivity index (χ4v) is 6.64. The summed E-state index contributed by atoms with van der Waals surface area (Å²) in [6, 6.07) is 18.4. The highest BCUT2D eigenvalue weighted by atomic mass is 32.2. The van der Waals surface area contributed by atoms with Crippen LogP contribution in [0.3, 0.4) is 0 Å². The smallest absolute Gasteiger partial charge is 0.339 e. The largest absolute Gasteiger partial charge is 0.416 e. The molecule has 2 amide bonds. The lowest BCUT2D eigenvalue weighted by atomic mass is 10.0. The van der Waals surface area contributed by atoms with E-state index in [1.54, 1.807) is 23.6 Å². The van der Waals surface area contributed by atoms with Gasteiger partial charge in [-0.3, -0.25) is 14.2 Å². The Hall–Kier alpha value is -4.33. The van der Waals surface area contributed by atoms with Crippen molar-refractivity contribution in [1.82, 2.24) is 24.6 Å². The summed E-state index contributed by atoms with van der Waals surface area (Å²) in [5, 5.41) is 9.69. The van der Waals surface area contributed by atoms with Crippen LogP contribution >= 0.6 is 11.8 Å². The number of halogens is 6. The van der Waals surface area contributed by atoms with Gasteiger partial charge < -0.3 is 9.80 Å². The molecule has 4 aromatic rings. The monoisotopic (exact) mass is 703 g/mol. The number of carbonyl (C=O) groups is 2. The third kappa shape index (κ3) is 9.02. The van der Waals surface area contributed by atoms with E-state index >= 15 is 0 Å². The second kappa shape index (κ2) is 15.1. The first kappa shape index (κ1) is 36.0. The first-order valence-corrected chi connectivity index (χ1v) is 16.8. The van der Waals surface area contributed by atoms with E-state index in [1.807, 2.05) is 66.1 Å². The maximum absolute atomic E-state index is 13.3. The zero-order valence-corrected chi connectivity index (χ0v) is 27.7. The Labute approximate surface area is 284 Å². The molecule has 1 saturated heterocycles. The van der Waals surface area contributed by atoms with Crippen LogP contribution in [0, 0.1) is 6.92 Å². The lowest BCUT2D eigenvalue weighted by molar-refractivity contribution is -0.143. The van der Waals surface area contributed by atoms with Crippen molar-refractivity contribution in [3.63, 3.8) is 0 Å². The first-order chi connectivity index (χ1) is 23.2. The van der Waals surface area contributed by atoms with Crippen LogP contribution in [0.5, 0.6) is 0 Å². The lowest BCUT2D eigenvalue weighted by Crippen LogP contribution is -2.55. The molecule has 7 nitrogen and oxygen atoms in total. The van der Waals surface area contributed by atoms with Crippen molar-refractivity contribution in [3.8, 4) is 5.69 Å². The van der Waals surface area contributed by atoms with Gasteiger partial charge in [0, 0.05) is 55.5 Å². The number of aromatic nitrogens is 3. The van der Waals surface area contributed by atoms with Crippen LogP contribution in [0.1, 0.15) is 64.6 Å². The van der Waals surface area contributed by atoms with Gasteiger partial charge in [-0.15, -0.1) is 10.2 Å². The van der Waals surface area contributed by atoms with Crippen LogP contribution in [0.2, 0.25) is 0 Å². The Morgan fingerprint density at radius 2 is 1.51 bits per heavy atom. The second-order valence-corrected chi connectivity index (χ2v) is 13.1. The van der Waals surface area contributed by atoms with Gasteiger partial charge in [0.15, 0.2) is 5.16 Å². The summed E-state index contributed by atoms with van der Waals surface area (Å²) in [4.78, 5) is 28.9. The summed E-state index contributed by atoms with van der Waals surface area (Å²) in [7, 11) is 0. The summed E-state index contributed by atoms with van der Waals surface area (Å²) in [6.45, 7) is 3.86. The van der Waals surface area contributed by atoms with Gasteiger partial charge in [-0.1, -0.05) is 59.8 Å². The van der Waals surface area contributed by atoms with Crippen molar-refractivity contribution >= 4 is 23.6 Å². The topological polar surface area (TPSA) is 71.3 Å². The van der Waals surface area contributed by atoms with E-state index in [4.69, 9.17) is 0 Å². The van der Waals surface area contributed by atoms with Crippen molar-refractivity contribution in [3.05, 3.63) is 106 Å². The average molecular weight is 704 g/mol. The molecule has 0 N–H and O–H groups in total. The number of alkyl halides is 6. The zero-order valence-electron chi connectivity index (χ0n) is 26.9. The summed E-state index contributed by atoms with van der Waals surface area (Å²) in [5.74, 6) is 0.431. The van der Waals surface area contributed by atoms with Crippen LogP contribution in [0.4, 0.5) is 26.3 Å². The van der Waals surface area contributed by atoms with Gasteiger partial charge >= 0.3 is 12.4 Å². The number of hydrogen-bond donors (Lipinski definition) is 0. The van der Waals surface area contributed by atoms with E-state index in [2.05, 4.69) is 10.2 Å². The molecule has 0 radical (unpaired) electrons. The fourth-order valence-electron chi connectivity index (χ4n) is 5.67. The maximum Gasteiger partial charge on any atom is 0.416 e. The van der Waals surface area contributed by atoms with E-state index in [0.29, 0.717) is 30.7 Å². The number of nitrogens with zero attached hydrogens (tertiary/aromatic N) is 5. The van der Waals surface area contributed by atoms with Crippen molar-refractivity contribution in [1.29, 1.82) is 0 Å². The molecule has 5 rings (SSSR count). The Balaban J connectivity index is 1.14. The standard InChI is InChI=1S/C35H35F6N5O2S/c1-23-11-13-29(14-12-23)46-30(18-25-8-4-3-5-9-25)42-43-33(46)49-17-7-6-10-31(47)44-15-16-45(24(2)22-44)32(48)26-19-27(34(36,37)38)21-28(20-26)35(39,40)41/h3-5,8-9,11-14,19-21,24H,6-7,10,15-18,22H2,1-2H3. The normalized spacial score (nSPS) is 15.5. The highest BCUT2D eigenvalue weighted by Gasteiger charge is 2.39. The van der Waals surface area contributed by atoms with Crippen LogP contribution in [0.15, 0.2) is 78.0 Å². The lowest BCUT2D eigenvalue weighted by Gasteiger charge is -2.40. The molecule has 0 saturated carbocycles. The molecule has 1 fully saturated rings. The molecule has 1 aliphatic rings. The molecule has 1 aromatic heterocycles. The molecule has 1 aliphatic heterocycles. The summed E-state index contributed by atoms with van der Waals surface area (Å²) >= 11 is 1.55. The van der Waals surface area contributed by atoms with Crippen molar-refractivity contribution in [2.75, 3.05) is 25.4 Å². The van der Waals surface area contributed by atoms with E-state index in [1.165, 1.54) is 4.90 Å². The molecule has 49 heavy (non-hydrogen) atoms. The summed E-state index contributed by atoms with van der Waals surface area (Å²) in [6.07, 6.45) is -7.93. The van der Waals surface area contributed by atoms with Gasteiger partial charge in [0.05, 0.1) is 11.1 Å². The Bertz CT molecular complexity index is 1730. The van der Waals surface area contributed by atoms with E-state index < -0.39 is 41.0 Å². The van der Waals surface area contributed by atoms with E-state index in [-0.39, 0.29) is 38.0 Å². The highest BCUT2D eigenvalue weighted by molar-refractivity contribution is 7.99. The van der Waals surface area contributed by atoms with Crippen molar-refractivity contribution in [2.24, 2.45) is 0 Å². The third-order valence-corrected chi connectivity index (χ3v) is 9.30. The molecule has 260 valence electrons. The number of aryl methyl sites for hydroxylation is 1. The summed E-state index contributed by atoms with van der Waals surface area (Å²) in [5.41, 5.74) is -0.583. The summed E-state index contributed by atoms with van der Waals surface area (Å²) < 4.78 is 82.0. The minimum absolute atomic E-state index is 0.00630. The molecule has 1 atom stereocenters. The van der Waals surface area contributed by atoms with Gasteiger partial charge in [0.2, 0.25) is 5.91 Å². The Kier molecular flexibility index (Phi) is 11.1. The second-order valence-electron chi connectivity index (χ2n) is 12.0. The molecule has 14 heteroatoms. The zero-order chi connectivity index (χ0) is 35.3. The van der Waals surface area contributed by atoms with Crippen LogP contribution in [-0.2, 0) is 23.6 Å². The third-order valence-electron chi connectivity index (χ3n) is 8.29. The number of hydrogen-bond acceptors (Lipinski definition) is 5. The molecule has 2 heterocycles. The number of benzene rings is 3. The van der Waals surface area contributed by atoms with Crippen LogP contribution in [-0.4, -0.2) is 67.8 Å². The number of carbonyl (C=O) groups excluding carboxylic acids is 2. The van der Waals surface area contributed by atoms with Crippen LogP contribution < -0.4 is 0 Å². The number of thioether (sulfide) groups is 1. The van der Waals surface area contributed by atoms with Gasteiger partial charge in [0.25, 0.3) is 5.91 Å². The average Bonchev–Trinajstić information content (AvgIpc) is 3.45. The predicted octanol–water partition coefficient (Wildman–Crippen LogP) is 7.84. The van der Waals surface area contributed by atoms with Crippen molar-refractivity contribution < 1.29 is 35.9 Å². The molecule has 0 bridgehead atoms. The molecule has 0 spiro atoms. The first-order valence-electron chi connectivity index (χ1n) is 15.8. The van der Waals surface area contributed by atoms with Crippen LogP contribution in [0.25, 0.3) is 5.69 Å². The SMILES string of the molecule is Cc1ccc(-n2c(Cc3ccccc3)nnc2SCCCCC(=O)N2CCN(C(=O)c3cc(C(F)(F)F)cc(C(F)(F)F)c3)C(C)C2)cc1. The number of amides is 2. The number of rotatable bonds is 10. The Morgan fingerprint density at radius 3 is 2.12 bits per heavy atom. The molecular formula is C35H35F6N5O2S. The predicted molar refractivity (Wildman–Crippen MR) is 173 cm³/mol. The molecule has 1 unspecified atom stereocenters. The Morgan fingerprint density at radius 1 is 0.857 bits per heavy atom. The van der Waals surface area contributed by atoms with Crippen molar-refractivity contribution in [2.45, 2.75) is 63.1 Å². The molecule has 0 aliphatic carbocycles. The van der Waals surface area contributed by atoms with Gasteiger partial charge in [-0.25, -0.2) is 0 Å². The highest BCUT2D eigenvalue weighted by Crippen LogP contribution is 2.37. The minimum Gasteiger partial charge on any atom is -0.339 e. The molecular weight excluding hydrogens is 668 g/mol. The van der Waals surface area contributed by atoms with Gasteiger partial charge in [-0.05, 0) is 62.6 Å². The molecule has 3 aromatic carbocycles. The fraction of sp³-hybridized carbons (Fsp3) is 0.371. The number of unbranched alkanes of at least 4 members (excludes halogenated alkanes) is 1. The number of piperazine rings is 1. The minimum atomic E-state index is -5.06. The van der Waals surface area contributed by atoms with E-state index in [9.17, 15) is 35.9 Å². The quantitative estimate of drug-likeness (QED) is 0.0957. The maximum atomic E-state index is 13.3. The van der Waals surface area contributed by atoms with E-state index in [0.717, 1.165) is 34.2 Å².